The second-order valence-corrected chi connectivity index (χ2v) is 7.77. The summed E-state index contributed by atoms with van der Waals surface area (Å²) in [7, 11) is 0. The van der Waals surface area contributed by atoms with Gasteiger partial charge in [0.25, 0.3) is 5.91 Å². The van der Waals surface area contributed by atoms with Crippen LogP contribution in [0.25, 0.3) is 0 Å². The van der Waals surface area contributed by atoms with Gasteiger partial charge in [-0.05, 0) is 55.9 Å². The van der Waals surface area contributed by atoms with Crippen molar-refractivity contribution in [1.82, 2.24) is 15.5 Å². The average molecular weight is 373 g/mol. The number of benzene rings is 1. The van der Waals surface area contributed by atoms with Crippen molar-refractivity contribution >= 4 is 11.9 Å². The van der Waals surface area contributed by atoms with Crippen molar-refractivity contribution in [1.29, 1.82) is 0 Å². The maximum atomic E-state index is 12.1. The third-order valence-corrected chi connectivity index (χ3v) is 5.78. The summed E-state index contributed by atoms with van der Waals surface area (Å²) in [6.45, 7) is 6.17. The SMILES string of the molecule is CCNC(=NCCNC(=O)c1ccc(O)cc1)N1CCC2(CCCCC2)C1. The summed E-state index contributed by atoms with van der Waals surface area (Å²) in [6, 6.07) is 6.27. The predicted octanol–water partition coefficient (Wildman–Crippen LogP) is 2.74. The number of nitrogens with one attached hydrogen (secondary N) is 2. The second kappa shape index (κ2) is 9.11. The lowest BCUT2D eigenvalue weighted by molar-refractivity contribution is 0.0955. The molecule has 0 radical (unpaired) electrons. The van der Waals surface area contributed by atoms with E-state index in [1.807, 2.05) is 0 Å². The lowest BCUT2D eigenvalue weighted by Gasteiger charge is -2.33. The molecule has 1 aliphatic heterocycles. The van der Waals surface area contributed by atoms with Crippen molar-refractivity contribution in [2.75, 3.05) is 32.7 Å². The molecule has 0 unspecified atom stereocenters. The van der Waals surface area contributed by atoms with E-state index in [0.29, 0.717) is 24.1 Å². The van der Waals surface area contributed by atoms with Gasteiger partial charge in [0, 0.05) is 31.7 Å². The number of amides is 1. The van der Waals surface area contributed by atoms with Gasteiger partial charge in [-0.25, -0.2) is 0 Å². The molecule has 0 atom stereocenters. The molecule has 1 saturated carbocycles. The zero-order valence-corrected chi connectivity index (χ0v) is 16.3. The Bertz CT molecular complexity index is 651. The van der Waals surface area contributed by atoms with E-state index in [1.54, 1.807) is 12.1 Å². The summed E-state index contributed by atoms with van der Waals surface area (Å²) < 4.78 is 0. The first-order chi connectivity index (χ1) is 13.1. The van der Waals surface area contributed by atoms with Crippen molar-refractivity contribution in [3.8, 4) is 5.75 Å². The van der Waals surface area contributed by atoms with Gasteiger partial charge in [0.15, 0.2) is 5.96 Å². The summed E-state index contributed by atoms with van der Waals surface area (Å²) in [4.78, 5) is 19.2. The molecule has 6 heteroatoms. The predicted molar refractivity (Wildman–Crippen MR) is 108 cm³/mol. The molecular formula is C21H32N4O2. The van der Waals surface area contributed by atoms with E-state index in [-0.39, 0.29) is 11.7 Å². The molecule has 1 aromatic rings. The second-order valence-electron chi connectivity index (χ2n) is 7.77. The Morgan fingerprint density at radius 1 is 1.15 bits per heavy atom. The van der Waals surface area contributed by atoms with Crippen LogP contribution in [0.1, 0.15) is 55.8 Å². The normalized spacial score (nSPS) is 19.3. The van der Waals surface area contributed by atoms with Crippen molar-refractivity contribution in [3.63, 3.8) is 0 Å². The number of rotatable bonds is 5. The number of nitrogens with zero attached hydrogens (tertiary/aromatic N) is 2. The number of hydrogen-bond donors (Lipinski definition) is 3. The van der Waals surface area contributed by atoms with Gasteiger partial charge in [-0.3, -0.25) is 9.79 Å². The molecule has 2 aliphatic rings. The number of aromatic hydroxyl groups is 1. The minimum absolute atomic E-state index is 0.141. The largest absolute Gasteiger partial charge is 0.508 e. The van der Waals surface area contributed by atoms with Crippen molar-refractivity contribution in [3.05, 3.63) is 29.8 Å². The fraction of sp³-hybridized carbons (Fsp3) is 0.619. The monoisotopic (exact) mass is 372 g/mol. The van der Waals surface area contributed by atoms with Crippen molar-refractivity contribution in [2.24, 2.45) is 10.4 Å². The lowest BCUT2D eigenvalue weighted by Crippen LogP contribution is -2.42. The maximum Gasteiger partial charge on any atom is 0.251 e. The molecule has 1 spiro atoms. The molecule has 0 bridgehead atoms. The Labute approximate surface area is 162 Å². The summed E-state index contributed by atoms with van der Waals surface area (Å²) in [5, 5.41) is 15.6. The minimum Gasteiger partial charge on any atom is -0.508 e. The van der Waals surface area contributed by atoms with E-state index in [2.05, 4.69) is 22.5 Å². The summed E-state index contributed by atoms with van der Waals surface area (Å²) in [6.07, 6.45) is 8.10. The van der Waals surface area contributed by atoms with Crippen LogP contribution in [-0.4, -0.2) is 54.6 Å². The van der Waals surface area contributed by atoms with E-state index >= 15 is 0 Å². The molecule has 1 heterocycles. The number of likely N-dealkylation sites (tertiary alicyclic amines) is 1. The highest BCUT2D eigenvalue weighted by Crippen LogP contribution is 2.43. The average Bonchev–Trinajstić information content (AvgIpc) is 3.08. The smallest absolute Gasteiger partial charge is 0.251 e. The van der Waals surface area contributed by atoms with Crippen LogP contribution in [0.5, 0.6) is 5.75 Å². The highest BCUT2D eigenvalue weighted by atomic mass is 16.3. The molecule has 0 aromatic heterocycles. The van der Waals surface area contributed by atoms with E-state index < -0.39 is 0 Å². The molecule has 148 valence electrons. The van der Waals surface area contributed by atoms with Crippen molar-refractivity contribution < 1.29 is 9.90 Å². The Hall–Kier alpha value is -2.24. The van der Waals surface area contributed by atoms with Gasteiger partial charge in [-0.2, -0.15) is 0 Å². The van der Waals surface area contributed by atoms with Crippen LogP contribution in [0.2, 0.25) is 0 Å². The van der Waals surface area contributed by atoms with Gasteiger partial charge >= 0.3 is 0 Å². The van der Waals surface area contributed by atoms with Crippen LogP contribution in [0.3, 0.4) is 0 Å². The summed E-state index contributed by atoms with van der Waals surface area (Å²) >= 11 is 0. The molecule has 1 saturated heterocycles. The number of carbonyl (C=O) groups is 1. The van der Waals surface area contributed by atoms with E-state index in [0.717, 1.165) is 25.6 Å². The van der Waals surface area contributed by atoms with Crippen LogP contribution in [0, 0.1) is 5.41 Å². The Kier molecular flexibility index (Phi) is 6.58. The van der Waals surface area contributed by atoms with Gasteiger partial charge in [0.1, 0.15) is 5.75 Å². The lowest BCUT2D eigenvalue weighted by atomic mass is 9.73. The fourth-order valence-electron chi connectivity index (χ4n) is 4.30. The zero-order valence-electron chi connectivity index (χ0n) is 16.3. The Balaban J connectivity index is 1.50. The van der Waals surface area contributed by atoms with Gasteiger partial charge in [0.2, 0.25) is 0 Å². The number of aliphatic imine (C=N–C) groups is 1. The summed E-state index contributed by atoms with van der Waals surface area (Å²) in [5.74, 6) is 0.990. The Morgan fingerprint density at radius 3 is 2.59 bits per heavy atom. The standard InChI is InChI=1S/C21H32N4O2/c1-2-22-20(25-15-12-21(16-25)10-4-3-5-11-21)24-14-13-23-19(27)17-6-8-18(26)9-7-17/h6-9,26H,2-5,10-16H2,1H3,(H,22,24)(H,23,27). The number of phenols is 1. The molecule has 2 fully saturated rings. The fourth-order valence-corrected chi connectivity index (χ4v) is 4.30. The topological polar surface area (TPSA) is 77.0 Å². The molecule has 1 amide bonds. The van der Waals surface area contributed by atoms with E-state index in [1.165, 1.54) is 50.7 Å². The van der Waals surface area contributed by atoms with Crippen LogP contribution >= 0.6 is 0 Å². The van der Waals surface area contributed by atoms with E-state index in [9.17, 15) is 9.90 Å². The van der Waals surface area contributed by atoms with Crippen LogP contribution in [-0.2, 0) is 0 Å². The number of hydrogen-bond acceptors (Lipinski definition) is 3. The van der Waals surface area contributed by atoms with Crippen LogP contribution < -0.4 is 10.6 Å². The van der Waals surface area contributed by atoms with Gasteiger partial charge in [-0.1, -0.05) is 19.3 Å². The molecule has 3 N–H and O–H groups in total. The summed E-state index contributed by atoms with van der Waals surface area (Å²) in [5.41, 5.74) is 1.05. The molecule has 6 nitrogen and oxygen atoms in total. The first-order valence-electron chi connectivity index (χ1n) is 10.2. The zero-order chi connectivity index (χ0) is 19.1. The molecule has 27 heavy (non-hydrogen) atoms. The Morgan fingerprint density at radius 2 is 1.89 bits per heavy atom. The van der Waals surface area contributed by atoms with E-state index in [4.69, 9.17) is 4.99 Å². The quantitative estimate of drug-likeness (QED) is 0.422. The molecule has 3 rings (SSSR count). The molecule has 1 aliphatic carbocycles. The van der Waals surface area contributed by atoms with Crippen LogP contribution in [0.4, 0.5) is 0 Å². The van der Waals surface area contributed by atoms with Crippen molar-refractivity contribution in [2.45, 2.75) is 45.4 Å². The highest BCUT2D eigenvalue weighted by molar-refractivity contribution is 5.94. The third-order valence-electron chi connectivity index (χ3n) is 5.78. The van der Waals surface area contributed by atoms with Gasteiger partial charge in [0.05, 0.1) is 6.54 Å². The highest BCUT2D eigenvalue weighted by Gasteiger charge is 2.39. The first-order valence-corrected chi connectivity index (χ1v) is 10.2. The van der Waals surface area contributed by atoms with Crippen LogP contribution in [0.15, 0.2) is 29.3 Å². The number of guanidine groups is 1. The number of carbonyl (C=O) groups excluding carboxylic acids is 1. The van der Waals surface area contributed by atoms with Gasteiger partial charge < -0.3 is 20.6 Å². The van der Waals surface area contributed by atoms with Gasteiger partial charge in [-0.15, -0.1) is 0 Å². The molecular weight excluding hydrogens is 340 g/mol. The molecule has 1 aromatic carbocycles. The maximum absolute atomic E-state index is 12.1. The third kappa shape index (κ3) is 5.15. The first kappa shape index (κ1) is 19.5. The number of phenolic OH excluding ortho intramolecular Hbond substituents is 1. The minimum atomic E-state index is -0.141.